The highest BCUT2D eigenvalue weighted by molar-refractivity contribution is 8.00. The van der Waals surface area contributed by atoms with Crippen molar-refractivity contribution in [2.75, 3.05) is 44.4 Å². The minimum Gasteiger partial charge on any atom is -0.390 e. The van der Waals surface area contributed by atoms with E-state index in [1.807, 2.05) is 61.9 Å². The van der Waals surface area contributed by atoms with Gasteiger partial charge in [0, 0.05) is 91.6 Å². The van der Waals surface area contributed by atoms with Crippen LogP contribution < -0.4 is 31.5 Å². The van der Waals surface area contributed by atoms with Crippen LogP contribution in [0, 0.1) is 0 Å². The Kier molecular flexibility index (Phi) is 19.4. The Morgan fingerprint density at radius 1 is 0.807 bits per heavy atom. The van der Waals surface area contributed by atoms with Crippen LogP contribution in [0.5, 0.6) is 0 Å². The molecule has 5 aromatic carbocycles. The number of amides is 5. The molecule has 0 spiro atoms. The molecule has 23 heteroatoms. The first-order valence-electron chi connectivity index (χ1n) is 28.2. The number of aliphatic hydroxyl groups excluding tert-OH is 1. The Morgan fingerprint density at radius 2 is 1.52 bits per heavy atom. The van der Waals surface area contributed by atoms with Crippen molar-refractivity contribution < 1.29 is 45.9 Å². The lowest BCUT2D eigenvalue weighted by atomic mass is 9.93. The highest BCUT2D eigenvalue weighted by Gasteiger charge is 2.42. The van der Waals surface area contributed by atoms with E-state index in [9.17, 15) is 45.9 Å². The van der Waals surface area contributed by atoms with Gasteiger partial charge in [-0.25, -0.2) is 26.3 Å². The number of anilines is 1. The van der Waals surface area contributed by atoms with Crippen molar-refractivity contribution in [1.82, 2.24) is 45.9 Å². The number of hydrogen-bond donors (Lipinski definition) is 6. The molecule has 2 unspecified atom stereocenters. The van der Waals surface area contributed by atoms with E-state index in [4.69, 9.17) is 0 Å². The van der Waals surface area contributed by atoms with Crippen molar-refractivity contribution in [2.45, 2.75) is 134 Å². The molecule has 4 aliphatic rings. The Morgan fingerprint density at radius 3 is 2.27 bits per heavy atom. The molecule has 4 aliphatic heterocycles. The van der Waals surface area contributed by atoms with Crippen LogP contribution in [0.3, 0.4) is 0 Å². The van der Waals surface area contributed by atoms with Crippen LogP contribution in [-0.2, 0) is 47.2 Å². The number of sulfone groups is 1. The summed E-state index contributed by atoms with van der Waals surface area (Å²) >= 11 is 1.86. The van der Waals surface area contributed by atoms with Gasteiger partial charge in [-0.15, -0.1) is 5.10 Å². The maximum absolute atomic E-state index is 14.5. The molecule has 10 rings (SSSR count). The number of ketones is 1. The fourth-order valence-electron chi connectivity index (χ4n) is 11.0. The highest BCUT2D eigenvalue weighted by atomic mass is 32.2. The van der Waals surface area contributed by atoms with Crippen LogP contribution in [0.2, 0.25) is 0 Å². The van der Waals surface area contributed by atoms with Gasteiger partial charge >= 0.3 is 6.03 Å². The van der Waals surface area contributed by atoms with Crippen LogP contribution >= 0.6 is 11.8 Å². The lowest BCUT2D eigenvalue weighted by molar-refractivity contribution is -0.129. The second-order valence-corrected chi connectivity index (χ2v) is 27.0. The maximum Gasteiger partial charge on any atom is 0.315 e. The van der Waals surface area contributed by atoms with Crippen LogP contribution in [0.1, 0.15) is 110 Å². The monoisotopic (exact) mass is 1190 g/mol. The van der Waals surface area contributed by atoms with E-state index in [1.165, 1.54) is 33.3 Å². The van der Waals surface area contributed by atoms with Gasteiger partial charge < -0.3 is 36.6 Å². The van der Waals surface area contributed by atoms with Gasteiger partial charge in [0.15, 0.2) is 5.78 Å². The number of hydrogen-bond acceptors (Lipinski definition) is 14. The number of aliphatic hydroxyl groups is 1. The summed E-state index contributed by atoms with van der Waals surface area (Å²) in [6, 6.07) is 28.1. The fourth-order valence-corrected chi connectivity index (χ4v) is 15.6. The molecule has 0 aliphatic carbocycles. The molecule has 6 N–H and O–H groups in total. The van der Waals surface area contributed by atoms with Gasteiger partial charge in [-0.1, -0.05) is 97.8 Å². The van der Waals surface area contributed by atoms with Gasteiger partial charge in [-0.05, 0) is 86.1 Å². The van der Waals surface area contributed by atoms with Crippen LogP contribution in [0.25, 0.3) is 10.8 Å². The Balaban J connectivity index is 0.810. The van der Waals surface area contributed by atoms with Gasteiger partial charge in [0.1, 0.15) is 11.7 Å². The molecule has 0 saturated carbocycles. The molecule has 2 saturated heterocycles. The van der Waals surface area contributed by atoms with Crippen LogP contribution in [-0.4, -0.2) is 140 Å². The minimum absolute atomic E-state index is 0.0189. The summed E-state index contributed by atoms with van der Waals surface area (Å²) in [5.74, 6) is -0.648. The summed E-state index contributed by atoms with van der Waals surface area (Å²) in [7, 11) is -4.65. The second kappa shape index (κ2) is 26.6. The fraction of sp³-hybridized carbons (Fsp3) is 0.417. The van der Waals surface area contributed by atoms with Crippen molar-refractivity contribution >= 4 is 77.6 Å². The molecule has 0 radical (unpaired) electrons. The zero-order valence-corrected chi connectivity index (χ0v) is 49.4. The predicted molar refractivity (Wildman–Crippen MR) is 317 cm³/mol. The first-order chi connectivity index (χ1) is 39.8. The topological polar surface area (TPSA) is 271 Å². The Labute approximate surface area is 488 Å². The van der Waals surface area contributed by atoms with Gasteiger partial charge in [0.2, 0.25) is 37.6 Å². The summed E-state index contributed by atoms with van der Waals surface area (Å²) < 4.78 is 60.1. The molecule has 5 amide bonds. The molecule has 2 bridgehead atoms. The first kappa shape index (κ1) is 60.4. The summed E-state index contributed by atoms with van der Waals surface area (Å²) in [6.45, 7) is 3.41. The lowest BCUT2D eigenvalue weighted by Crippen LogP contribution is -2.47. The average Bonchev–Trinajstić information content (AvgIpc) is 3.37. The van der Waals surface area contributed by atoms with E-state index < -0.39 is 49.9 Å². The van der Waals surface area contributed by atoms with Gasteiger partial charge in [-0.3, -0.25) is 19.2 Å². The molecule has 1 aromatic heterocycles. The van der Waals surface area contributed by atoms with Crippen molar-refractivity contribution in [2.24, 2.45) is 0 Å². The quantitative estimate of drug-likeness (QED) is 0.0229. The van der Waals surface area contributed by atoms with Crippen LogP contribution in [0.4, 0.5) is 10.5 Å². The third-order valence-electron chi connectivity index (χ3n) is 15.8. The number of benzene rings is 5. The summed E-state index contributed by atoms with van der Waals surface area (Å²) in [5, 5.41) is 36.6. The number of nitrogens with one attached hydrogen (secondary N) is 5. The largest absolute Gasteiger partial charge is 0.390 e. The molecule has 83 heavy (non-hydrogen) atoms. The third kappa shape index (κ3) is 14.3. The van der Waals surface area contributed by atoms with Crippen molar-refractivity contribution in [1.29, 1.82) is 0 Å². The number of sulfonamides is 1. The van der Waals surface area contributed by atoms with E-state index in [-0.39, 0.29) is 82.9 Å². The van der Waals surface area contributed by atoms with Crippen molar-refractivity contribution in [3.8, 4) is 0 Å². The van der Waals surface area contributed by atoms with Crippen molar-refractivity contribution in [3.05, 3.63) is 143 Å². The number of urea groups is 1. The van der Waals surface area contributed by atoms with Crippen molar-refractivity contribution in [3.63, 3.8) is 0 Å². The number of fused-ring (bicyclic) bond motifs is 6. The van der Waals surface area contributed by atoms with E-state index in [2.05, 4.69) is 36.9 Å². The highest BCUT2D eigenvalue weighted by Crippen LogP contribution is 2.40. The van der Waals surface area contributed by atoms with Gasteiger partial charge in [-0.2, -0.15) is 16.1 Å². The maximum atomic E-state index is 14.5. The molecule has 2 fully saturated rings. The minimum atomic E-state index is -4.30. The molecule has 440 valence electrons. The number of rotatable bonds is 24. The van der Waals surface area contributed by atoms with Gasteiger partial charge in [0.25, 0.3) is 0 Å². The molecule has 5 heterocycles. The molecule has 7 atom stereocenters. The third-order valence-corrected chi connectivity index (χ3v) is 20.9. The summed E-state index contributed by atoms with van der Waals surface area (Å²) in [4.78, 5) is 66.7. The van der Waals surface area contributed by atoms with Gasteiger partial charge in [0.05, 0.1) is 51.7 Å². The number of carbonyl (C=O) groups is 5. The predicted octanol–water partition coefficient (Wildman–Crippen LogP) is 6.04. The molecular formula is C60H72N10O10S3. The smallest absolute Gasteiger partial charge is 0.315 e. The normalized spacial score (nSPS) is 19.9. The summed E-state index contributed by atoms with van der Waals surface area (Å²) in [5.41, 5.74) is 3.45. The standard InChI is InChI=1S/C60H72N10O10S3/c1-38-34-69(83(79,80)45-27-25-44(26-28-45)82(77,78)53-18-13-16-47-50(68(3)4)30-29-46(38)56(47)53)36-51(71)39(2)70-35-43(66-67-70)33-62-59(75)48(32-40-21-23-42(24-22-40)58(74)41-14-7-5-8-15-41)63-55(73)20-9-6-12-31-61-54(72)19-11-10-17-52-57-49(37-81-52)64-60(76)65-57/h5,7-8,13-16,18,21-30,35,38-39,48-49,51-52,57,71H,6,9-12,17,19-20,31-34,36-37H2,1-4H3,(H,61,72)(H,62,75)(H,63,73)(H2,64,65,76)/t38?,39-,48-,49-,51?,52-,57-/m0/s1. The van der Waals surface area contributed by atoms with E-state index in [0.717, 1.165) is 30.7 Å². The van der Waals surface area contributed by atoms with E-state index in [1.54, 1.807) is 73.8 Å². The second-order valence-electron chi connectivity index (χ2n) is 21.9. The number of unbranched alkanes of at least 4 members (excludes halogenated alkanes) is 3. The van der Waals surface area contributed by atoms with Crippen LogP contribution in [0.15, 0.2) is 130 Å². The molecule has 6 aromatic rings. The first-order valence-corrected chi connectivity index (χ1v) is 32.1. The summed E-state index contributed by atoms with van der Waals surface area (Å²) in [6.07, 6.45) is 5.35. The zero-order valence-electron chi connectivity index (χ0n) is 47.0. The SMILES string of the molecule is CC1CN(CC(O)[C@H](C)n2cc(CNC(=O)[C@H](Cc3ccc(C(=O)c4ccccc4)cc3)NC(=O)CCCCCNC(=O)CCCC[C@@H]3SC[C@@H]4NC(=O)N[C@@H]43)nn2)S(=O)(=O)c2ccc(cc2)S(=O)(=O)c2cccc3c(N(C)C)ccc1c23. The number of aromatic nitrogens is 3. The number of carbonyl (C=O) groups excluding carboxylic acids is 5. The molecular weight excluding hydrogens is 1120 g/mol. The molecule has 20 nitrogen and oxygen atoms in total. The van der Waals surface area contributed by atoms with E-state index >= 15 is 0 Å². The Bertz CT molecular complexity index is 3550. The average molecular weight is 1190 g/mol. The number of thioether (sulfide) groups is 1. The zero-order chi connectivity index (χ0) is 59.0. The number of nitrogens with zero attached hydrogens (tertiary/aromatic N) is 5. The van der Waals surface area contributed by atoms with E-state index in [0.29, 0.717) is 76.2 Å². The lowest BCUT2D eigenvalue weighted by Gasteiger charge is -2.31. The Hall–Kier alpha value is -7.18.